The number of halogens is 1. The highest BCUT2D eigenvalue weighted by Crippen LogP contribution is 2.37. The maximum atomic E-state index is 13.9. The third-order valence-electron chi connectivity index (χ3n) is 3.92. The predicted molar refractivity (Wildman–Crippen MR) is 102 cm³/mol. The van der Waals surface area contributed by atoms with Crippen LogP contribution >= 0.6 is 15.9 Å². The van der Waals surface area contributed by atoms with E-state index in [1.165, 1.54) is 0 Å². The average molecular weight is 396 g/mol. The van der Waals surface area contributed by atoms with Crippen LogP contribution in [0.1, 0.15) is 11.1 Å². The molecule has 0 spiro atoms. The van der Waals surface area contributed by atoms with Crippen molar-refractivity contribution < 1.29 is 4.21 Å². The second-order valence-electron chi connectivity index (χ2n) is 5.51. The summed E-state index contributed by atoms with van der Waals surface area (Å²) in [5.41, 5.74) is 2.65. The predicted octanol–water partition coefficient (Wildman–Crippen LogP) is 5.85. The molecule has 1 aliphatic heterocycles. The number of hydrogen-bond donors (Lipinski definition) is 0. The van der Waals surface area contributed by atoms with Crippen molar-refractivity contribution in [1.82, 2.24) is 0 Å². The molecule has 24 heavy (non-hydrogen) atoms. The van der Waals surface area contributed by atoms with Crippen molar-refractivity contribution in [1.29, 1.82) is 0 Å². The van der Waals surface area contributed by atoms with Gasteiger partial charge in [0.2, 0.25) is 0 Å². The van der Waals surface area contributed by atoms with E-state index in [0.717, 1.165) is 31.1 Å². The summed E-state index contributed by atoms with van der Waals surface area (Å²) in [5.74, 6) is 0. The zero-order valence-corrected chi connectivity index (χ0v) is 15.1. The summed E-state index contributed by atoms with van der Waals surface area (Å²) in [7, 11) is -2.71. The minimum atomic E-state index is -2.71. The molecule has 4 rings (SSSR count). The van der Waals surface area contributed by atoms with Gasteiger partial charge in [0, 0.05) is 10.0 Å². The highest BCUT2D eigenvalue weighted by atomic mass is 79.9. The Morgan fingerprint density at radius 3 is 2.21 bits per heavy atom. The van der Waals surface area contributed by atoms with Crippen molar-refractivity contribution >= 4 is 37.4 Å². The van der Waals surface area contributed by atoms with Crippen LogP contribution in [0.15, 0.2) is 97.5 Å². The van der Waals surface area contributed by atoms with Crippen LogP contribution in [0, 0.1) is 0 Å². The van der Waals surface area contributed by atoms with Gasteiger partial charge in [0.05, 0.1) is 15.5 Å². The third-order valence-corrected chi connectivity index (χ3v) is 6.75. The maximum absolute atomic E-state index is 13.9. The molecule has 0 saturated carbocycles. The normalized spacial score (nSPS) is 19.1. The smallest absolute Gasteiger partial charge is 0.109 e. The second kappa shape index (κ2) is 6.04. The Morgan fingerprint density at radius 2 is 1.50 bits per heavy atom. The van der Waals surface area contributed by atoms with Crippen molar-refractivity contribution in [2.24, 2.45) is 4.36 Å². The first kappa shape index (κ1) is 15.4. The molecular formula is C20H14BrNOS. The van der Waals surface area contributed by atoms with E-state index in [9.17, 15) is 4.21 Å². The minimum absolute atomic E-state index is 0.732. The summed E-state index contributed by atoms with van der Waals surface area (Å²) in [6.45, 7) is 0. The monoisotopic (exact) mass is 395 g/mol. The molecule has 2 nitrogen and oxygen atoms in total. The minimum Gasteiger partial charge on any atom is -0.239 e. The topological polar surface area (TPSA) is 29.4 Å². The lowest BCUT2D eigenvalue weighted by molar-refractivity contribution is 0.676. The number of benzene rings is 3. The Kier molecular flexibility index (Phi) is 3.87. The van der Waals surface area contributed by atoms with E-state index in [4.69, 9.17) is 4.36 Å². The molecule has 0 fully saturated rings. The van der Waals surface area contributed by atoms with Gasteiger partial charge in [0.1, 0.15) is 9.73 Å². The van der Waals surface area contributed by atoms with E-state index < -0.39 is 9.73 Å². The molecule has 3 aromatic rings. The van der Waals surface area contributed by atoms with Crippen molar-refractivity contribution in [2.45, 2.75) is 9.79 Å². The molecule has 1 heterocycles. The lowest BCUT2D eigenvalue weighted by atomic mass is 10.1. The Hall–Kier alpha value is -2.17. The first-order valence-electron chi connectivity index (χ1n) is 7.56. The van der Waals surface area contributed by atoms with Crippen molar-refractivity contribution in [3.63, 3.8) is 0 Å². The molecule has 0 radical (unpaired) electrons. The molecule has 0 bridgehead atoms. The summed E-state index contributed by atoms with van der Waals surface area (Å²) in [4.78, 5) is 1.49. The van der Waals surface area contributed by atoms with Gasteiger partial charge in [-0.05, 0) is 42.0 Å². The van der Waals surface area contributed by atoms with Crippen LogP contribution in [0.4, 0.5) is 0 Å². The van der Waals surface area contributed by atoms with Crippen molar-refractivity contribution in [2.75, 3.05) is 0 Å². The quantitative estimate of drug-likeness (QED) is 0.535. The van der Waals surface area contributed by atoms with Gasteiger partial charge < -0.3 is 0 Å². The van der Waals surface area contributed by atoms with Gasteiger partial charge in [-0.2, -0.15) is 4.36 Å². The highest BCUT2D eigenvalue weighted by molar-refractivity contribution is 9.10. The van der Waals surface area contributed by atoms with Crippen LogP contribution in [0.25, 0.3) is 11.8 Å². The van der Waals surface area contributed by atoms with E-state index >= 15 is 0 Å². The summed E-state index contributed by atoms with van der Waals surface area (Å²) < 4.78 is 19.6. The fourth-order valence-corrected chi connectivity index (χ4v) is 5.26. The molecule has 0 aromatic heterocycles. The first-order chi connectivity index (χ1) is 11.7. The van der Waals surface area contributed by atoms with Crippen LogP contribution in [0.5, 0.6) is 0 Å². The van der Waals surface area contributed by atoms with Gasteiger partial charge in [-0.3, -0.25) is 0 Å². The lowest BCUT2D eigenvalue weighted by Gasteiger charge is -2.19. The Balaban J connectivity index is 2.04. The molecule has 0 saturated heterocycles. The molecular weight excluding hydrogens is 382 g/mol. The van der Waals surface area contributed by atoms with Gasteiger partial charge in [-0.1, -0.05) is 64.5 Å². The zero-order valence-electron chi connectivity index (χ0n) is 12.7. The van der Waals surface area contributed by atoms with Gasteiger partial charge >= 0.3 is 0 Å². The van der Waals surface area contributed by atoms with Crippen LogP contribution in [0.2, 0.25) is 0 Å². The summed E-state index contributed by atoms with van der Waals surface area (Å²) in [6, 6.07) is 25.2. The number of fused-ring (bicyclic) bond motifs is 1. The fraction of sp³-hybridized carbons (Fsp3) is 0. The average Bonchev–Trinajstić information content (AvgIpc) is 2.63. The summed E-state index contributed by atoms with van der Waals surface area (Å²) in [5, 5.41) is 0. The Morgan fingerprint density at radius 1 is 0.833 bits per heavy atom. The Bertz CT molecular complexity index is 1050. The summed E-state index contributed by atoms with van der Waals surface area (Å²) >= 11 is 3.51. The molecule has 0 N–H and O–H groups in total. The van der Waals surface area contributed by atoms with E-state index in [0.29, 0.717) is 0 Å². The molecule has 1 unspecified atom stereocenters. The highest BCUT2D eigenvalue weighted by Gasteiger charge is 2.24. The maximum Gasteiger partial charge on any atom is 0.109 e. The van der Waals surface area contributed by atoms with Crippen LogP contribution in [-0.2, 0) is 9.73 Å². The fourth-order valence-electron chi connectivity index (χ4n) is 2.77. The van der Waals surface area contributed by atoms with E-state index in [2.05, 4.69) is 15.9 Å². The Labute approximate surface area is 150 Å². The van der Waals surface area contributed by atoms with E-state index in [1.54, 1.807) is 0 Å². The van der Waals surface area contributed by atoms with Crippen LogP contribution in [-0.4, -0.2) is 4.21 Å². The van der Waals surface area contributed by atoms with Crippen LogP contribution in [0.3, 0.4) is 0 Å². The molecule has 118 valence electrons. The van der Waals surface area contributed by atoms with Crippen molar-refractivity contribution in [3.05, 3.63) is 94.5 Å². The molecule has 1 atom stereocenters. The first-order valence-corrected chi connectivity index (χ1v) is 9.86. The number of rotatable bonds is 2. The number of hydrogen-bond acceptors (Lipinski definition) is 2. The van der Waals surface area contributed by atoms with Crippen LogP contribution < -0.4 is 0 Å². The van der Waals surface area contributed by atoms with E-state index in [-0.39, 0.29) is 0 Å². The lowest BCUT2D eigenvalue weighted by Crippen LogP contribution is -2.08. The van der Waals surface area contributed by atoms with Crippen molar-refractivity contribution in [3.8, 4) is 0 Å². The molecule has 3 aromatic carbocycles. The molecule has 0 amide bonds. The van der Waals surface area contributed by atoms with E-state index in [1.807, 2.05) is 84.9 Å². The third kappa shape index (κ3) is 2.62. The standard InChI is InChI=1S/C20H14BrNOS/c21-17-11-12-20-16(13-17)14-19(15-7-3-1-4-8-15)22-24(20,23)18-9-5-2-6-10-18/h1-14H. The molecule has 1 aliphatic rings. The van der Waals surface area contributed by atoms with Gasteiger partial charge in [-0.15, -0.1) is 0 Å². The number of nitrogens with zero attached hydrogens (tertiary/aromatic N) is 1. The van der Waals surface area contributed by atoms with Gasteiger partial charge in [-0.25, -0.2) is 4.21 Å². The zero-order chi connectivity index (χ0) is 16.6. The molecule has 4 heteroatoms. The summed E-state index contributed by atoms with van der Waals surface area (Å²) in [6.07, 6.45) is 2.00. The van der Waals surface area contributed by atoms with Gasteiger partial charge in [0.25, 0.3) is 0 Å². The second-order valence-corrected chi connectivity index (χ2v) is 8.57. The molecule has 0 aliphatic carbocycles. The largest absolute Gasteiger partial charge is 0.239 e. The SMILES string of the molecule is O=S1(c2ccccc2)=NC(c2ccccc2)=Cc2cc(Br)ccc21. The van der Waals surface area contributed by atoms with Gasteiger partial charge in [0.15, 0.2) is 0 Å².